The summed E-state index contributed by atoms with van der Waals surface area (Å²) >= 11 is 0. The van der Waals surface area contributed by atoms with Gasteiger partial charge in [0, 0.05) is 0 Å². The zero-order valence-corrected chi connectivity index (χ0v) is 20.9. The molecule has 2 heterocycles. The Hall–Kier alpha value is -4.28. The zero-order valence-electron chi connectivity index (χ0n) is 20.9. The van der Waals surface area contributed by atoms with Crippen molar-refractivity contribution >= 4 is 21.5 Å². The number of benzene rings is 6. The van der Waals surface area contributed by atoms with Crippen molar-refractivity contribution in [2.75, 3.05) is 0 Å². The molecule has 6 aromatic rings. The van der Waals surface area contributed by atoms with E-state index in [4.69, 9.17) is 0 Å². The molecule has 1 fully saturated rings. The molecule has 0 radical (unpaired) electrons. The van der Waals surface area contributed by atoms with Gasteiger partial charge in [-0.25, -0.2) is 0 Å². The molecule has 0 saturated carbocycles. The van der Waals surface area contributed by atoms with Crippen LogP contribution in [0.2, 0.25) is 0 Å². The van der Waals surface area contributed by atoms with Gasteiger partial charge < -0.3 is 0 Å². The predicted octanol–water partition coefficient (Wildman–Crippen LogP) is 7.82. The van der Waals surface area contributed by atoms with Crippen LogP contribution in [0.1, 0.15) is 35.2 Å². The van der Waals surface area contributed by atoms with E-state index in [0.29, 0.717) is 0 Å². The average Bonchev–Trinajstić information content (AvgIpc) is 3.00. The second kappa shape index (κ2) is 8.64. The number of hydrogen-bond donors (Lipinski definition) is 3. The summed E-state index contributed by atoms with van der Waals surface area (Å²) in [5.41, 5.74) is 8.63. The topological polar surface area (TPSA) is 36.1 Å². The number of rotatable bonds is 1. The largest absolute Gasteiger partial charge is 0.279 e. The van der Waals surface area contributed by atoms with Crippen molar-refractivity contribution in [1.82, 2.24) is 16.0 Å². The van der Waals surface area contributed by atoms with E-state index in [1.54, 1.807) is 0 Å². The third kappa shape index (κ3) is 3.56. The van der Waals surface area contributed by atoms with Crippen molar-refractivity contribution in [3.8, 4) is 22.3 Å². The highest BCUT2D eigenvalue weighted by Crippen LogP contribution is 2.38. The average molecular weight is 490 g/mol. The first-order valence-corrected chi connectivity index (χ1v) is 13.3. The van der Waals surface area contributed by atoms with Crippen molar-refractivity contribution in [1.29, 1.82) is 0 Å². The van der Waals surface area contributed by atoms with E-state index in [0.717, 1.165) is 0 Å². The molecule has 182 valence electrons. The Kier molecular flexibility index (Phi) is 4.95. The molecule has 0 amide bonds. The molecule has 2 aliphatic rings. The second-order valence-electron chi connectivity index (χ2n) is 10.4. The van der Waals surface area contributed by atoms with Crippen molar-refractivity contribution in [2.24, 2.45) is 0 Å². The zero-order chi connectivity index (χ0) is 25.1. The summed E-state index contributed by atoms with van der Waals surface area (Å²) < 4.78 is 0. The molecule has 3 heteroatoms. The van der Waals surface area contributed by atoms with E-state index in [1.807, 2.05) is 0 Å². The molecule has 3 atom stereocenters. The first-order valence-electron chi connectivity index (χ1n) is 13.3. The van der Waals surface area contributed by atoms with Crippen LogP contribution in [0, 0.1) is 0 Å². The highest BCUT2D eigenvalue weighted by molar-refractivity contribution is 6.10. The molecule has 2 aliphatic heterocycles. The van der Waals surface area contributed by atoms with Crippen LogP contribution in [0.25, 0.3) is 43.8 Å². The molecule has 3 unspecified atom stereocenters. The van der Waals surface area contributed by atoms with E-state index < -0.39 is 0 Å². The van der Waals surface area contributed by atoms with Gasteiger partial charge in [-0.15, -0.1) is 0 Å². The van der Waals surface area contributed by atoms with Gasteiger partial charge in [0.2, 0.25) is 0 Å². The lowest BCUT2D eigenvalue weighted by atomic mass is 9.91. The molecule has 8 rings (SSSR count). The van der Waals surface area contributed by atoms with Crippen molar-refractivity contribution in [3.05, 3.63) is 144 Å². The van der Waals surface area contributed by atoms with Gasteiger partial charge in [-0.3, -0.25) is 16.0 Å². The van der Waals surface area contributed by atoms with E-state index in [-0.39, 0.29) is 18.5 Å². The summed E-state index contributed by atoms with van der Waals surface area (Å²) in [6, 6.07) is 46.6. The Morgan fingerprint density at radius 3 is 1.84 bits per heavy atom. The molecule has 8 bridgehead atoms. The Labute approximate surface area is 222 Å². The number of fused-ring (bicyclic) bond motifs is 11. The standard InChI is InChI=1S/C35H27N3/c1-2-7-24(8-3-1)33-36-34-29-13-5-12-27(20-29)25-10-4-11-26(19-25)28-18-16-22-15-17-23-9-6-14-30(35(37-33)38-34)32(23)31(22)21-28/h1-21,33-38H. The van der Waals surface area contributed by atoms with Crippen LogP contribution in [0.4, 0.5) is 0 Å². The maximum Gasteiger partial charge on any atom is 0.0870 e. The summed E-state index contributed by atoms with van der Waals surface area (Å²) in [5, 5.41) is 16.7. The SMILES string of the molecule is c1ccc(C2NC3NC(N2)c2cccc4ccc5ccc(cc5c24)-c2cccc(c2)-c2cccc3c2)cc1. The van der Waals surface area contributed by atoms with Crippen molar-refractivity contribution < 1.29 is 0 Å². The Bertz CT molecular complexity index is 1820. The molecular formula is C35H27N3. The van der Waals surface area contributed by atoms with E-state index in [2.05, 4.69) is 143 Å². The molecule has 0 spiro atoms. The second-order valence-corrected chi connectivity index (χ2v) is 10.4. The minimum atomic E-state index is -0.0474. The maximum atomic E-state index is 3.91. The maximum absolute atomic E-state index is 3.91. The fraction of sp³-hybridized carbons (Fsp3) is 0.0857. The number of nitrogens with one attached hydrogen (secondary N) is 3. The van der Waals surface area contributed by atoms with Gasteiger partial charge in [0.05, 0.1) is 18.5 Å². The molecule has 3 nitrogen and oxygen atoms in total. The van der Waals surface area contributed by atoms with Gasteiger partial charge in [-0.1, -0.05) is 109 Å². The minimum Gasteiger partial charge on any atom is -0.279 e. The summed E-state index contributed by atoms with van der Waals surface area (Å²) in [6.45, 7) is 0. The lowest BCUT2D eigenvalue weighted by molar-refractivity contribution is 0.204. The van der Waals surface area contributed by atoms with Gasteiger partial charge >= 0.3 is 0 Å². The van der Waals surface area contributed by atoms with E-state index in [9.17, 15) is 0 Å². The summed E-state index contributed by atoms with van der Waals surface area (Å²) in [7, 11) is 0. The fourth-order valence-corrected chi connectivity index (χ4v) is 6.19. The summed E-state index contributed by atoms with van der Waals surface area (Å²) in [5.74, 6) is 0. The Morgan fingerprint density at radius 1 is 0.395 bits per heavy atom. The van der Waals surface area contributed by atoms with Gasteiger partial charge in [0.1, 0.15) is 0 Å². The van der Waals surface area contributed by atoms with Crippen LogP contribution in [-0.4, -0.2) is 0 Å². The fourth-order valence-electron chi connectivity index (χ4n) is 6.19. The minimum absolute atomic E-state index is 0.00636. The monoisotopic (exact) mass is 489 g/mol. The molecule has 1 saturated heterocycles. The van der Waals surface area contributed by atoms with Crippen LogP contribution in [0.5, 0.6) is 0 Å². The van der Waals surface area contributed by atoms with Crippen LogP contribution in [0.15, 0.2) is 127 Å². The normalized spacial score (nSPS) is 20.1. The van der Waals surface area contributed by atoms with Gasteiger partial charge in [-0.2, -0.15) is 0 Å². The van der Waals surface area contributed by atoms with Gasteiger partial charge in [-0.05, 0) is 78.7 Å². The van der Waals surface area contributed by atoms with Gasteiger partial charge in [0.15, 0.2) is 0 Å². The highest BCUT2D eigenvalue weighted by atomic mass is 15.4. The molecule has 38 heavy (non-hydrogen) atoms. The Balaban J connectivity index is 1.43. The van der Waals surface area contributed by atoms with Crippen LogP contribution >= 0.6 is 0 Å². The first kappa shape index (κ1) is 21.8. The van der Waals surface area contributed by atoms with Crippen LogP contribution in [0.3, 0.4) is 0 Å². The lowest BCUT2D eigenvalue weighted by Crippen LogP contribution is -2.54. The smallest absolute Gasteiger partial charge is 0.0870 e. The third-order valence-electron chi connectivity index (χ3n) is 8.09. The van der Waals surface area contributed by atoms with Gasteiger partial charge in [0.25, 0.3) is 0 Å². The third-order valence-corrected chi connectivity index (χ3v) is 8.09. The Morgan fingerprint density at radius 2 is 1.00 bits per heavy atom. The lowest BCUT2D eigenvalue weighted by Gasteiger charge is -2.40. The van der Waals surface area contributed by atoms with E-state index in [1.165, 1.54) is 60.5 Å². The van der Waals surface area contributed by atoms with Crippen molar-refractivity contribution in [3.63, 3.8) is 0 Å². The summed E-state index contributed by atoms with van der Waals surface area (Å²) in [4.78, 5) is 0. The molecule has 3 N–H and O–H groups in total. The number of hydrogen-bond acceptors (Lipinski definition) is 3. The quantitative estimate of drug-likeness (QED) is 0.206. The summed E-state index contributed by atoms with van der Waals surface area (Å²) in [6.07, 6.45) is -0.0831. The first-order chi connectivity index (χ1) is 18.8. The van der Waals surface area contributed by atoms with Crippen LogP contribution < -0.4 is 16.0 Å². The van der Waals surface area contributed by atoms with E-state index >= 15 is 0 Å². The molecular weight excluding hydrogens is 462 g/mol. The highest BCUT2D eigenvalue weighted by Gasteiger charge is 2.31. The van der Waals surface area contributed by atoms with Crippen molar-refractivity contribution in [2.45, 2.75) is 18.5 Å². The van der Waals surface area contributed by atoms with Crippen LogP contribution in [-0.2, 0) is 0 Å². The molecule has 0 aliphatic carbocycles. The predicted molar refractivity (Wildman–Crippen MR) is 156 cm³/mol. The molecule has 0 aromatic heterocycles. The molecule has 6 aromatic carbocycles.